The van der Waals surface area contributed by atoms with E-state index in [2.05, 4.69) is 10.3 Å². The van der Waals surface area contributed by atoms with Crippen LogP contribution in [0, 0.1) is 11.6 Å². The van der Waals surface area contributed by atoms with Crippen molar-refractivity contribution in [1.29, 1.82) is 0 Å². The number of piperidine rings is 1. The third-order valence-corrected chi connectivity index (χ3v) is 6.08. The molecule has 32 heavy (non-hydrogen) atoms. The molecular formula is C23H26F2IN3O3. The molecule has 6 nitrogen and oxygen atoms in total. The zero-order chi connectivity index (χ0) is 23.5. The number of amides is 2. The van der Waals surface area contributed by atoms with Crippen LogP contribution < -0.4 is 5.32 Å². The fraction of sp³-hybridized carbons (Fsp3) is 0.435. The summed E-state index contributed by atoms with van der Waals surface area (Å²) in [6.45, 7) is 5.45. The molecule has 2 heterocycles. The predicted octanol–water partition coefficient (Wildman–Crippen LogP) is 4.57. The Morgan fingerprint density at radius 1 is 1.28 bits per heavy atom. The summed E-state index contributed by atoms with van der Waals surface area (Å²) in [7, 11) is 0. The summed E-state index contributed by atoms with van der Waals surface area (Å²) in [6.07, 6.45) is 1.68. The Kier molecular flexibility index (Phi) is 7.68. The summed E-state index contributed by atoms with van der Waals surface area (Å²) in [4.78, 5) is 31.4. The van der Waals surface area contributed by atoms with Gasteiger partial charge in [0.25, 0.3) is 0 Å². The number of rotatable bonds is 5. The standard InChI is InChI=1S/C23H26F2IN3O3/c1-23(2,3)32-22(31)28-19-13-18(26)21(30)29(11-9-15-6-4-5-10-27-15)20(19)16-12-14(24)7-8-17(16)25/h4-8,10,12,18-20H,9,11,13H2,1-3H3,(H,28,31)/t18-,19-,20?/m0/s1. The molecular weight excluding hydrogens is 531 g/mol. The van der Waals surface area contributed by atoms with Crippen molar-refractivity contribution in [1.82, 2.24) is 15.2 Å². The van der Waals surface area contributed by atoms with Gasteiger partial charge in [-0.1, -0.05) is 28.7 Å². The van der Waals surface area contributed by atoms with Crippen LogP contribution in [0.2, 0.25) is 0 Å². The molecule has 0 saturated carbocycles. The number of nitrogens with one attached hydrogen (secondary N) is 1. The molecule has 1 fully saturated rings. The first-order valence-corrected chi connectivity index (χ1v) is 11.6. The van der Waals surface area contributed by atoms with Crippen LogP contribution in [0.25, 0.3) is 0 Å². The van der Waals surface area contributed by atoms with Crippen molar-refractivity contribution >= 4 is 34.6 Å². The lowest BCUT2D eigenvalue weighted by atomic mass is 9.89. The lowest BCUT2D eigenvalue weighted by Crippen LogP contribution is -2.57. The van der Waals surface area contributed by atoms with Crippen LogP contribution in [0.5, 0.6) is 0 Å². The van der Waals surface area contributed by atoms with Gasteiger partial charge in [-0.2, -0.15) is 0 Å². The predicted molar refractivity (Wildman–Crippen MR) is 124 cm³/mol. The van der Waals surface area contributed by atoms with Crippen LogP contribution in [0.1, 0.15) is 44.5 Å². The van der Waals surface area contributed by atoms with Crippen molar-refractivity contribution in [2.75, 3.05) is 6.54 Å². The van der Waals surface area contributed by atoms with Gasteiger partial charge >= 0.3 is 6.09 Å². The zero-order valence-corrected chi connectivity index (χ0v) is 20.3. The minimum atomic E-state index is -0.888. The molecule has 3 rings (SSSR count). The van der Waals surface area contributed by atoms with E-state index in [0.717, 1.165) is 23.9 Å². The molecule has 0 bridgehead atoms. The molecule has 1 saturated heterocycles. The van der Waals surface area contributed by atoms with Crippen molar-refractivity contribution in [3.05, 3.63) is 65.5 Å². The lowest BCUT2D eigenvalue weighted by Gasteiger charge is -2.43. The van der Waals surface area contributed by atoms with Crippen LogP contribution in [0.15, 0.2) is 42.6 Å². The SMILES string of the molecule is CC(C)(C)OC(=O)N[C@H]1C[C@H](I)C(=O)N(CCc2ccccn2)C1c1cc(F)ccc1F. The van der Waals surface area contributed by atoms with Gasteiger partial charge in [0.1, 0.15) is 17.2 Å². The van der Waals surface area contributed by atoms with E-state index in [4.69, 9.17) is 4.74 Å². The summed E-state index contributed by atoms with van der Waals surface area (Å²) >= 11 is 2.02. The van der Waals surface area contributed by atoms with Gasteiger partial charge in [0.15, 0.2) is 0 Å². The highest BCUT2D eigenvalue weighted by atomic mass is 127. The number of likely N-dealkylation sites (tertiary alicyclic amines) is 1. The van der Waals surface area contributed by atoms with Crippen LogP contribution in [-0.4, -0.2) is 44.0 Å². The molecule has 0 aliphatic carbocycles. The Morgan fingerprint density at radius 2 is 2.03 bits per heavy atom. The third kappa shape index (κ3) is 6.14. The molecule has 1 aromatic carbocycles. The number of nitrogens with zero attached hydrogens (tertiary/aromatic N) is 2. The van der Waals surface area contributed by atoms with Gasteiger partial charge in [0, 0.05) is 30.4 Å². The second-order valence-electron chi connectivity index (χ2n) is 8.67. The van der Waals surface area contributed by atoms with Gasteiger partial charge < -0.3 is 15.0 Å². The fourth-order valence-electron chi connectivity index (χ4n) is 3.74. The highest BCUT2D eigenvalue weighted by Gasteiger charge is 2.43. The number of halogens is 3. The van der Waals surface area contributed by atoms with Gasteiger partial charge in [-0.05, 0) is 57.5 Å². The summed E-state index contributed by atoms with van der Waals surface area (Å²) in [5.74, 6) is -1.46. The van der Waals surface area contributed by atoms with Gasteiger partial charge in [-0.15, -0.1) is 0 Å². The minimum absolute atomic E-state index is 0.0173. The Balaban J connectivity index is 1.95. The van der Waals surface area contributed by atoms with Crippen molar-refractivity contribution in [2.24, 2.45) is 0 Å². The molecule has 1 N–H and O–H groups in total. The summed E-state index contributed by atoms with van der Waals surface area (Å²) in [6, 6.07) is 7.07. The molecule has 3 atom stereocenters. The topological polar surface area (TPSA) is 71.5 Å². The first kappa shape index (κ1) is 24.3. The number of ether oxygens (including phenoxy) is 1. The van der Waals surface area contributed by atoms with Crippen LogP contribution in [0.4, 0.5) is 13.6 Å². The second kappa shape index (κ2) is 10.1. The maximum Gasteiger partial charge on any atom is 0.407 e. The first-order valence-electron chi connectivity index (χ1n) is 10.3. The van der Waals surface area contributed by atoms with E-state index in [1.54, 1.807) is 33.0 Å². The number of pyridine rings is 1. The maximum absolute atomic E-state index is 14.8. The zero-order valence-electron chi connectivity index (χ0n) is 18.1. The number of carbonyl (C=O) groups excluding carboxylic acids is 2. The number of alkyl carbamates (subject to hydrolysis) is 1. The third-order valence-electron chi connectivity index (χ3n) is 5.04. The Bertz CT molecular complexity index is 969. The number of benzene rings is 1. The number of hydrogen-bond donors (Lipinski definition) is 1. The number of aromatic nitrogens is 1. The normalized spacial score (nSPS) is 21.4. The van der Waals surface area contributed by atoms with Crippen molar-refractivity contribution in [2.45, 2.75) is 55.2 Å². The quantitative estimate of drug-likeness (QED) is 0.432. The highest BCUT2D eigenvalue weighted by molar-refractivity contribution is 14.1. The van der Waals surface area contributed by atoms with Crippen molar-refractivity contribution in [3.8, 4) is 0 Å². The fourth-order valence-corrected chi connectivity index (χ4v) is 4.65. The lowest BCUT2D eigenvalue weighted by molar-refractivity contribution is -0.136. The van der Waals surface area contributed by atoms with Gasteiger partial charge in [-0.25, -0.2) is 13.6 Å². The average molecular weight is 557 g/mol. The van der Waals surface area contributed by atoms with Crippen LogP contribution in [-0.2, 0) is 16.0 Å². The van der Waals surface area contributed by atoms with Crippen molar-refractivity contribution < 1.29 is 23.1 Å². The summed E-state index contributed by atoms with van der Waals surface area (Å²) < 4.78 is 33.8. The van der Waals surface area contributed by atoms with E-state index >= 15 is 0 Å². The largest absolute Gasteiger partial charge is 0.444 e. The Hall–Kier alpha value is -2.30. The van der Waals surface area contributed by atoms with E-state index < -0.39 is 39.3 Å². The number of hydrogen-bond acceptors (Lipinski definition) is 4. The second-order valence-corrected chi connectivity index (χ2v) is 10.2. The van der Waals surface area contributed by atoms with Gasteiger partial charge in [0.05, 0.1) is 16.0 Å². The van der Waals surface area contributed by atoms with E-state index in [-0.39, 0.29) is 24.4 Å². The number of carbonyl (C=O) groups is 2. The summed E-state index contributed by atoms with van der Waals surface area (Å²) in [5, 5.41) is 2.79. The molecule has 0 radical (unpaired) electrons. The highest BCUT2D eigenvalue weighted by Crippen LogP contribution is 2.36. The Morgan fingerprint density at radius 3 is 2.69 bits per heavy atom. The Labute approximate surface area is 199 Å². The molecule has 2 aromatic rings. The average Bonchev–Trinajstić information content (AvgIpc) is 2.71. The monoisotopic (exact) mass is 557 g/mol. The van der Waals surface area contributed by atoms with Crippen LogP contribution >= 0.6 is 22.6 Å². The summed E-state index contributed by atoms with van der Waals surface area (Å²) in [5.41, 5.74) is 0.0612. The van der Waals surface area contributed by atoms with E-state index in [1.165, 1.54) is 4.90 Å². The molecule has 9 heteroatoms. The number of alkyl halides is 1. The van der Waals surface area contributed by atoms with E-state index in [0.29, 0.717) is 6.42 Å². The van der Waals surface area contributed by atoms with E-state index in [1.807, 2.05) is 34.7 Å². The van der Waals surface area contributed by atoms with Gasteiger partial charge in [-0.3, -0.25) is 9.78 Å². The molecule has 2 amide bonds. The molecule has 172 valence electrons. The maximum atomic E-state index is 14.8. The molecule has 1 aliphatic heterocycles. The molecule has 1 aromatic heterocycles. The minimum Gasteiger partial charge on any atom is -0.444 e. The van der Waals surface area contributed by atoms with Crippen LogP contribution in [0.3, 0.4) is 0 Å². The molecule has 1 aliphatic rings. The van der Waals surface area contributed by atoms with Crippen molar-refractivity contribution in [3.63, 3.8) is 0 Å². The smallest absolute Gasteiger partial charge is 0.407 e. The molecule has 1 unspecified atom stereocenters. The van der Waals surface area contributed by atoms with Gasteiger partial charge in [0.2, 0.25) is 5.91 Å². The molecule has 0 spiro atoms. The van der Waals surface area contributed by atoms with E-state index in [9.17, 15) is 18.4 Å². The first-order chi connectivity index (χ1) is 15.0.